The van der Waals surface area contributed by atoms with Crippen molar-refractivity contribution in [3.8, 4) is 0 Å². The lowest BCUT2D eigenvalue weighted by Crippen LogP contribution is -2.05. The van der Waals surface area contributed by atoms with E-state index >= 15 is 0 Å². The van der Waals surface area contributed by atoms with E-state index in [1.807, 2.05) is 6.92 Å². The van der Waals surface area contributed by atoms with Gasteiger partial charge in [0.05, 0.1) is 19.8 Å². The second-order valence-electron chi connectivity index (χ2n) is 2.18. The molecule has 0 bridgehead atoms. The summed E-state index contributed by atoms with van der Waals surface area (Å²) in [7, 11) is 1.64. The summed E-state index contributed by atoms with van der Waals surface area (Å²) in [6, 6.07) is 0. The first-order valence-electron chi connectivity index (χ1n) is 4.03. The number of carbonyl (C=O) groups is 1. The summed E-state index contributed by atoms with van der Waals surface area (Å²) in [5.74, 6) is 0.746. The molecule has 0 fully saturated rings. The van der Waals surface area contributed by atoms with Crippen LogP contribution in [0, 0.1) is 0 Å². The Balaban J connectivity index is 2.95. The topological polar surface area (TPSA) is 35.5 Å². The second-order valence-corrected chi connectivity index (χ2v) is 3.33. The fraction of sp³-hybridized carbons (Fsp3) is 0.875. The van der Waals surface area contributed by atoms with Gasteiger partial charge in [0.2, 0.25) is 0 Å². The Bertz CT molecular complexity index is 117. The van der Waals surface area contributed by atoms with Crippen LogP contribution in [0.15, 0.2) is 0 Å². The lowest BCUT2D eigenvalue weighted by molar-refractivity contribution is -0.110. The molecule has 0 radical (unpaired) electrons. The van der Waals surface area contributed by atoms with Crippen LogP contribution in [0.2, 0.25) is 0 Å². The van der Waals surface area contributed by atoms with Gasteiger partial charge in [0, 0.05) is 19.3 Å². The van der Waals surface area contributed by atoms with Gasteiger partial charge in [0.15, 0.2) is 5.12 Å². The third kappa shape index (κ3) is 8.04. The summed E-state index contributed by atoms with van der Waals surface area (Å²) < 4.78 is 9.96. The molecule has 3 nitrogen and oxygen atoms in total. The Morgan fingerprint density at radius 2 is 2.08 bits per heavy atom. The Labute approximate surface area is 77.8 Å². The summed E-state index contributed by atoms with van der Waals surface area (Å²) in [5, 5.41) is 0.227. The van der Waals surface area contributed by atoms with E-state index in [0.717, 1.165) is 5.75 Å². The lowest BCUT2D eigenvalue weighted by atomic mass is 10.6. The van der Waals surface area contributed by atoms with Crippen LogP contribution in [-0.2, 0) is 14.3 Å². The molecule has 0 heterocycles. The van der Waals surface area contributed by atoms with Gasteiger partial charge in [-0.3, -0.25) is 4.79 Å². The van der Waals surface area contributed by atoms with Gasteiger partial charge in [-0.15, -0.1) is 0 Å². The maximum Gasteiger partial charge on any atom is 0.188 e. The van der Waals surface area contributed by atoms with E-state index in [1.54, 1.807) is 7.11 Å². The molecule has 72 valence electrons. The Morgan fingerprint density at radius 3 is 2.67 bits per heavy atom. The van der Waals surface area contributed by atoms with Crippen LogP contribution >= 0.6 is 11.8 Å². The van der Waals surface area contributed by atoms with Crippen LogP contribution in [-0.4, -0.2) is 37.8 Å². The molecular weight excluding hydrogens is 176 g/mol. The maximum absolute atomic E-state index is 10.8. The van der Waals surface area contributed by atoms with Crippen molar-refractivity contribution in [2.75, 3.05) is 32.7 Å². The largest absolute Gasteiger partial charge is 0.382 e. The average Bonchev–Trinajstić information content (AvgIpc) is 2.10. The molecule has 0 rings (SSSR count). The van der Waals surface area contributed by atoms with E-state index < -0.39 is 0 Å². The minimum atomic E-state index is 0.227. The third-order valence-electron chi connectivity index (χ3n) is 1.21. The Kier molecular flexibility index (Phi) is 8.99. The molecule has 0 aromatic heterocycles. The van der Waals surface area contributed by atoms with Gasteiger partial charge < -0.3 is 9.47 Å². The standard InChI is InChI=1S/C8H16O3S/c1-3-8(9)12-7-6-11-5-4-10-2/h3-7H2,1-2H3. The highest BCUT2D eigenvalue weighted by molar-refractivity contribution is 8.13. The number of rotatable bonds is 7. The quantitative estimate of drug-likeness (QED) is 0.570. The lowest BCUT2D eigenvalue weighted by Gasteiger charge is -2.01. The van der Waals surface area contributed by atoms with Crippen LogP contribution in [0.3, 0.4) is 0 Å². The van der Waals surface area contributed by atoms with E-state index in [9.17, 15) is 4.79 Å². The van der Waals surface area contributed by atoms with Gasteiger partial charge in [0.1, 0.15) is 0 Å². The molecule has 0 atom stereocenters. The zero-order chi connectivity index (χ0) is 9.23. The molecular formula is C8H16O3S. The van der Waals surface area contributed by atoms with Gasteiger partial charge in [-0.25, -0.2) is 0 Å². The predicted molar refractivity (Wildman–Crippen MR) is 50.5 cm³/mol. The van der Waals surface area contributed by atoms with Crippen molar-refractivity contribution in [2.45, 2.75) is 13.3 Å². The summed E-state index contributed by atoms with van der Waals surface area (Å²) in [6.07, 6.45) is 0.600. The number of carbonyl (C=O) groups excluding carboxylic acids is 1. The van der Waals surface area contributed by atoms with Crippen LogP contribution < -0.4 is 0 Å². The molecule has 4 heteroatoms. The van der Waals surface area contributed by atoms with Gasteiger partial charge >= 0.3 is 0 Å². The van der Waals surface area contributed by atoms with Crippen LogP contribution in [0.25, 0.3) is 0 Å². The van der Waals surface area contributed by atoms with Crippen molar-refractivity contribution in [1.82, 2.24) is 0 Å². The first-order chi connectivity index (χ1) is 5.81. The van der Waals surface area contributed by atoms with Crippen molar-refractivity contribution < 1.29 is 14.3 Å². The number of hydrogen-bond acceptors (Lipinski definition) is 4. The number of hydrogen-bond donors (Lipinski definition) is 0. The Hall–Kier alpha value is -0.0600. The molecule has 0 saturated carbocycles. The molecule has 0 aromatic carbocycles. The fourth-order valence-electron chi connectivity index (χ4n) is 0.561. The summed E-state index contributed by atoms with van der Waals surface area (Å²) >= 11 is 1.33. The summed E-state index contributed by atoms with van der Waals surface area (Å²) in [5.41, 5.74) is 0. The van der Waals surface area contributed by atoms with E-state index in [2.05, 4.69) is 0 Å². The maximum atomic E-state index is 10.8. The molecule has 0 unspecified atom stereocenters. The highest BCUT2D eigenvalue weighted by Crippen LogP contribution is 2.03. The minimum Gasteiger partial charge on any atom is -0.382 e. The number of ether oxygens (including phenoxy) is 2. The van der Waals surface area contributed by atoms with Crippen LogP contribution in [0.4, 0.5) is 0 Å². The van der Waals surface area contributed by atoms with Crippen molar-refractivity contribution in [3.63, 3.8) is 0 Å². The second kappa shape index (κ2) is 9.03. The molecule has 0 amide bonds. The molecule has 0 spiro atoms. The van der Waals surface area contributed by atoms with E-state index in [0.29, 0.717) is 26.2 Å². The Morgan fingerprint density at radius 1 is 1.33 bits per heavy atom. The highest BCUT2D eigenvalue weighted by atomic mass is 32.2. The fourth-order valence-corrected chi connectivity index (χ4v) is 1.19. The van der Waals surface area contributed by atoms with Crippen molar-refractivity contribution >= 4 is 16.9 Å². The monoisotopic (exact) mass is 192 g/mol. The first-order valence-corrected chi connectivity index (χ1v) is 5.02. The summed E-state index contributed by atoms with van der Waals surface area (Å²) in [4.78, 5) is 10.8. The normalized spacial score (nSPS) is 10.2. The van der Waals surface area contributed by atoms with E-state index in [4.69, 9.17) is 9.47 Å². The molecule has 0 aliphatic rings. The summed E-state index contributed by atoms with van der Waals surface area (Å²) in [6.45, 7) is 3.71. The van der Waals surface area contributed by atoms with Crippen LogP contribution in [0.1, 0.15) is 13.3 Å². The molecule has 0 aliphatic carbocycles. The van der Waals surface area contributed by atoms with Gasteiger partial charge in [0.25, 0.3) is 0 Å². The van der Waals surface area contributed by atoms with E-state index in [-0.39, 0.29) is 5.12 Å². The molecule has 0 N–H and O–H groups in total. The number of methoxy groups -OCH3 is 1. The van der Waals surface area contributed by atoms with Gasteiger partial charge in [-0.1, -0.05) is 18.7 Å². The highest BCUT2D eigenvalue weighted by Gasteiger charge is 1.97. The van der Waals surface area contributed by atoms with Gasteiger partial charge in [-0.05, 0) is 0 Å². The van der Waals surface area contributed by atoms with E-state index in [1.165, 1.54) is 11.8 Å². The molecule has 0 aromatic rings. The van der Waals surface area contributed by atoms with Crippen molar-refractivity contribution in [3.05, 3.63) is 0 Å². The zero-order valence-electron chi connectivity index (χ0n) is 7.67. The SMILES string of the molecule is CCC(=O)SCCOCCOC. The van der Waals surface area contributed by atoms with Crippen molar-refractivity contribution in [2.24, 2.45) is 0 Å². The smallest absolute Gasteiger partial charge is 0.188 e. The molecule has 12 heavy (non-hydrogen) atoms. The minimum absolute atomic E-state index is 0.227. The predicted octanol–water partition coefficient (Wildman–Crippen LogP) is 1.32. The third-order valence-corrected chi connectivity index (χ3v) is 2.19. The zero-order valence-corrected chi connectivity index (χ0v) is 8.49. The first kappa shape index (κ1) is 11.9. The molecule has 0 saturated heterocycles. The van der Waals surface area contributed by atoms with Gasteiger partial charge in [-0.2, -0.15) is 0 Å². The number of thioether (sulfide) groups is 1. The molecule has 0 aliphatic heterocycles. The van der Waals surface area contributed by atoms with Crippen LogP contribution in [0.5, 0.6) is 0 Å². The average molecular weight is 192 g/mol. The van der Waals surface area contributed by atoms with Crippen molar-refractivity contribution in [1.29, 1.82) is 0 Å².